The second-order valence-electron chi connectivity index (χ2n) is 5.04. The van der Waals surface area contributed by atoms with Crippen molar-refractivity contribution in [3.05, 3.63) is 18.0 Å². The Morgan fingerprint density at radius 2 is 1.88 bits per heavy atom. The van der Waals surface area contributed by atoms with Gasteiger partial charge in [0.15, 0.2) is 5.79 Å². The monoisotopic (exact) mass is 238 g/mol. The molecule has 1 aliphatic heterocycles. The summed E-state index contributed by atoms with van der Waals surface area (Å²) in [6.07, 6.45) is 6.46. The van der Waals surface area contributed by atoms with Crippen LogP contribution in [0.1, 0.15) is 31.2 Å². The molecule has 0 radical (unpaired) electrons. The number of aliphatic hydroxyl groups is 1. The van der Waals surface area contributed by atoms with E-state index in [9.17, 15) is 5.11 Å². The molecule has 0 unspecified atom stereocenters. The molecule has 2 heterocycles. The molecule has 94 valence electrons. The molecule has 2 fully saturated rings. The summed E-state index contributed by atoms with van der Waals surface area (Å²) in [5.41, 5.74) is 0.127. The first-order chi connectivity index (χ1) is 8.12. The van der Waals surface area contributed by atoms with Crippen molar-refractivity contribution in [2.24, 2.45) is 7.05 Å². The molecule has 0 atom stereocenters. The first kappa shape index (κ1) is 11.2. The number of aryl methyl sites for hydroxylation is 1. The van der Waals surface area contributed by atoms with Gasteiger partial charge in [0, 0.05) is 31.6 Å². The summed E-state index contributed by atoms with van der Waals surface area (Å²) in [4.78, 5) is 0. The largest absolute Gasteiger partial charge is 0.385 e. The average Bonchev–Trinajstić information content (AvgIpc) is 2.94. The van der Waals surface area contributed by atoms with Crippen LogP contribution in [-0.2, 0) is 22.1 Å². The summed E-state index contributed by atoms with van der Waals surface area (Å²) in [6, 6.07) is 0. The van der Waals surface area contributed by atoms with Crippen LogP contribution in [0.5, 0.6) is 0 Å². The summed E-state index contributed by atoms with van der Waals surface area (Å²) in [7, 11) is 1.86. The maximum Gasteiger partial charge on any atom is 0.168 e. The predicted molar refractivity (Wildman–Crippen MR) is 60.2 cm³/mol. The number of hydrogen-bond acceptors (Lipinski definition) is 4. The van der Waals surface area contributed by atoms with E-state index in [2.05, 4.69) is 5.10 Å². The lowest BCUT2D eigenvalue weighted by molar-refractivity contribution is -0.204. The van der Waals surface area contributed by atoms with Gasteiger partial charge in [-0.25, -0.2) is 0 Å². The first-order valence-corrected chi connectivity index (χ1v) is 6.11. The molecule has 5 nitrogen and oxygen atoms in total. The SMILES string of the molecule is Cn1cc(C2(O)CCC3(CC2)OCCO3)cn1. The molecule has 0 aromatic carbocycles. The Morgan fingerprint density at radius 1 is 1.24 bits per heavy atom. The Balaban J connectivity index is 1.75. The van der Waals surface area contributed by atoms with E-state index in [0.717, 1.165) is 18.4 Å². The normalized spacial score (nSPS) is 26.5. The van der Waals surface area contributed by atoms with E-state index in [1.807, 2.05) is 13.2 Å². The third kappa shape index (κ3) is 1.88. The summed E-state index contributed by atoms with van der Waals surface area (Å²) in [5.74, 6) is -0.422. The molecule has 3 rings (SSSR count). The van der Waals surface area contributed by atoms with Gasteiger partial charge in [-0.15, -0.1) is 0 Å². The number of aromatic nitrogens is 2. The van der Waals surface area contributed by atoms with Crippen molar-refractivity contribution in [3.63, 3.8) is 0 Å². The van der Waals surface area contributed by atoms with Gasteiger partial charge in [0.25, 0.3) is 0 Å². The average molecular weight is 238 g/mol. The van der Waals surface area contributed by atoms with Crippen LogP contribution in [0.25, 0.3) is 0 Å². The zero-order valence-electron chi connectivity index (χ0n) is 10.1. The molecule has 0 amide bonds. The molecule has 1 aromatic heterocycles. The second-order valence-corrected chi connectivity index (χ2v) is 5.04. The Kier molecular flexibility index (Phi) is 2.50. The lowest BCUT2D eigenvalue weighted by atomic mass is 9.78. The van der Waals surface area contributed by atoms with Gasteiger partial charge in [0.05, 0.1) is 25.0 Å². The smallest absolute Gasteiger partial charge is 0.168 e. The van der Waals surface area contributed by atoms with Crippen LogP contribution in [0.15, 0.2) is 12.4 Å². The summed E-state index contributed by atoms with van der Waals surface area (Å²) in [5, 5.41) is 14.8. The lowest BCUT2D eigenvalue weighted by Gasteiger charge is -2.40. The fraction of sp³-hybridized carbons (Fsp3) is 0.750. The topological polar surface area (TPSA) is 56.5 Å². The summed E-state index contributed by atoms with van der Waals surface area (Å²) in [6.45, 7) is 1.34. The van der Waals surface area contributed by atoms with E-state index in [1.54, 1.807) is 10.9 Å². The fourth-order valence-electron chi connectivity index (χ4n) is 2.78. The van der Waals surface area contributed by atoms with E-state index >= 15 is 0 Å². The Bertz CT molecular complexity index is 400. The number of nitrogens with zero attached hydrogens (tertiary/aromatic N) is 2. The minimum atomic E-state index is -0.769. The molecule has 17 heavy (non-hydrogen) atoms. The molecule has 1 aliphatic carbocycles. The van der Waals surface area contributed by atoms with E-state index in [-0.39, 0.29) is 0 Å². The van der Waals surface area contributed by atoms with Crippen LogP contribution in [0, 0.1) is 0 Å². The fourth-order valence-corrected chi connectivity index (χ4v) is 2.78. The van der Waals surface area contributed by atoms with E-state index in [1.165, 1.54) is 0 Å². The third-order valence-electron chi connectivity index (χ3n) is 3.89. The minimum absolute atomic E-state index is 0.422. The van der Waals surface area contributed by atoms with Gasteiger partial charge in [-0.2, -0.15) is 5.10 Å². The van der Waals surface area contributed by atoms with Crippen molar-refractivity contribution in [2.45, 2.75) is 37.1 Å². The minimum Gasteiger partial charge on any atom is -0.385 e. The second kappa shape index (κ2) is 3.80. The zero-order valence-corrected chi connectivity index (χ0v) is 10.1. The van der Waals surface area contributed by atoms with Crippen molar-refractivity contribution < 1.29 is 14.6 Å². The highest BCUT2D eigenvalue weighted by molar-refractivity contribution is 5.16. The molecule has 1 saturated heterocycles. The van der Waals surface area contributed by atoms with Gasteiger partial charge < -0.3 is 14.6 Å². The van der Waals surface area contributed by atoms with Crippen molar-refractivity contribution in [1.82, 2.24) is 9.78 Å². The quantitative estimate of drug-likeness (QED) is 0.790. The standard InChI is InChI=1S/C12H18N2O3/c1-14-9-10(8-13-14)11(15)2-4-12(5-3-11)16-6-7-17-12/h8-9,15H,2-7H2,1H3. The number of hydrogen-bond donors (Lipinski definition) is 1. The molecule has 1 N–H and O–H groups in total. The van der Waals surface area contributed by atoms with E-state index < -0.39 is 11.4 Å². The van der Waals surface area contributed by atoms with E-state index in [0.29, 0.717) is 26.1 Å². The van der Waals surface area contributed by atoms with Gasteiger partial charge in [0.2, 0.25) is 0 Å². The maximum atomic E-state index is 10.6. The molecule has 1 aromatic rings. The maximum absolute atomic E-state index is 10.6. The number of rotatable bonds is 1. The summed E-state index contributed by atoms with van der Waals surface area (Å²) < 4.78 is 13.0. The molecule has 1 saturated carbocycles. The van der Waals surface area contributed by atoms with Gasteiger partial charge in [-0.3, -0.25) is 4.68 Å². The Labute approximate surface area is 100 Å². The van der Waals surface area contributed by atoms with Crippen LogP contribution in [-0.4, -0.2) is 33.9 Å². The molecule has 0 bridgehead atoms. The highest BCUT2D eigenvalue weighted by atomic mass is 16.7. The van der Waals surface area contributed by atoms with Crippen molar-refractivity contribution in [1.29, 1.82) is 0 Å². The highest BCUT2D eigenvalue weighted by Crippen LogP contribution is 2.44. The molecule has 2 aliphatic rings. The molecular weight excluding hydrogens is 220 g/mol. The Hall–Kier alpha value is -0.910. The lowest BCUT2D eigenvalue weighted by Crippen LogP contribution is -2.41. The van der Waals surface area contributed by atoms with Gasteiger partial charge >= 0.3 is 0 Å². The zero-order chi connectivity index (χ0) is 11.9. The molecular formula is C12H18N2O3. The van der Waals surface area contributed by atoms with Crippen LogP contribution in [0.4, 0.5) is 0 Å². The van der Waals surface area contributed by atoms with Crippen molar-refractivity contribution >= 4 is 0 Å². The molecule has 1 spiro atoms. The third-order valence-corrected chi connectivity index (χ3v) is 3.89. The van der Waals surface area contributed by atoms with Crippen LogP contribution in [0.2, 0.25) is 0 Å². The van der Waals surface area contributed by atoms with Crippen LogP contribution < -0.4 is 0 Å². The summed E-state index contributed by atoms with van der Waals surface area (Å²) >= 11 is 0. The molecule has 5 heteroatoms. The first-order valence-electron chi connectivity index (χ1n) is 6.11. The Morgan fingerprint density at radius 3 is 2.41 bits per heavy atom. The van der Waals surface area contributed by atoms with Gasteiger partial charge in [0.1, 0.15) is 0 Å². The van der Waals surface area contributed by atoms with Crippen LogP contribution >= 0.6 is 0 Å². The predicted octanol–water partition coefficient (Wildman–Crippen LogP) is 0.925. The van der Waals surface area contributed by atoms with E-state index in [4.69, 9.17) is 9.47 Å². The van der Waals surface area contributed by atoms with Crippen molar-refractivity contribution in [3.8, 4) is 0 Å². The van der Waals surface area contributed by atoms with Crippen molar-refractivity contribution in [2.75, 3.05) is 13.2 Å². The number of ether oxygens (including phenoxy) is 2. The van der Waals surface area contributed by atoms with Crippen LogP contribution in [0.3, 0.4) is 0 Å². The highest BCUT2D eigenvalue weighted by Gasteiger charge is 2.46. The van der Waals surface area contributed by atoms with Gasteiger partial charge in [-0.05, 0) is 12.8 Å². The van der Waals surface area contributed by atoms with Gasteiger partial charge in [-0.1, -0.05) is 0 Å².